The number of fused-ring (bicyclic) bond motifs is 8. The van der Waals surface area contributed by atoms with Gasteiger partial charge in [0.25, 0.3) is 0 Å². The zero-order valence-corrected chi connectivity index (χ0v) is 24.6. The van der Waals surface area contributed by atoms with Crippen molar-refractivity contribution in [3.8, 4) is 0 Å². The molecule has 4 heteroatoms. The van der Waals surface area contributed by atoms with Crippen LogP contribution in [0.1, 0.15) is 106 Å². The molecule has 5 aliphatic carbocycles. The third-order valence-corrected chi connectivity index (χ3v) is 17.4. The van der Waals surface area contributed by atoms with E-state index < -0.39 is 14.1 Å². The van der Waals surface area contributed by atoms with E-state index >= 15 is 0 Å². The van der Waals surface area contributed by atoms with Crippen LogP contribution in [0, 0.1) is 39.9 Å². The molecule has 0 aromatic heterocycles. The Balaban J connectivity index is 1.34. The molecule has 34 heavy (non-hydrogen) atoms. The molecule has 0 aromatic rings. The molecule has 0 bridgehead atoms. The minimum Gasteiger partial charge on any atom is -0.413 e. The van der Waals surface area contributed by atoms with Crippen molar-refractivity contribution >= 4 is 8.32 Å². The minimum atomic E-state index is -1.79. The molecular weight excluding hydrogens is 436 g/mol. The molecule has 9 atom stereocenters. The van der Waals surface area contributed by atoms with Crippen molar-refractivity contribution in [3.63, 3.8) is 0 Å². The first-order valence-corrected chi connectivity index (χ1v) is 17.6. The lowest BCUT2D eigenvalue weighted by Crippen LogP contribution is -2.63. The van der Waals surface area contributed by atoms with Crippen LogP contribution in [-0.4, -0.2) is 32.4 Å². The monoisotopic (exact) mass is 488 g/mol. The van der Waals surface area contributed by atoms with Crippen molar-refractivity contribution in [2.24, 2.45) is 39.9 Å². The molecule has 1 aliphatic heterocycles. The van der Waals surface area contributed by atoms with Gasteiger partial charge in [0.05, 0.1) is 18.3 Å². The van der Waals surface area contributed by atoms with E-state index in [2.05, 4.69) is 61.6 Å². The molecule has 0 N–H and O–H groups in total. The van der Waals surface area contributed by atoms with Crippen LogP contribution < -0.4 is 0 Å². The van der Waals surface area contributed by atoms with Crippen molar-refractivity contribution in [1.82, 2.24) is 0 Å². The Morgan fingerprint density at radius 1 is 0.735 bits per heavy atom. The van der Waals surface area contributed by atoms with Crippen molar-refractivity contribution in [1.29, 1.82) is 0 Å². The predicted octanol–water partition coefficient (Wildman–Crippen LogP) is 7.94. The number of hydrogen-bond acceptors (Lipinski definition) is 3. The summed E-state index contributed by atoms with van der Waals surface area (Å²) in [5.74, 6) is 2.37. The largest absolute Gasteiger partial charge is 0.413 e. The standard InChI is InChI=1S/C30H52O3Si/c1-26(2,3)34(8,9)33-22-11-10-19-23-20(12-13-29(19,22)7)28(6)14-15-30(16-17-30)18-21(28)24-25(23)32-27(4,5)31-24/h19-25H,10-18H2,1-9H3/t19?,20?,21?,22-,23?,24+,25+,28+,29-/m0/s1. The average molecular weight is 489 g/mol. The lowest BCUT2D eigenvalue weighted by molar-refractivity contribution is -0.189. The maximum atomic E-state index is 7.20. The van der Waals surface area contributed by atoms with E-state index in [0.29, 0.717) is 40.8 Å². The smallest absolute Gasteiger partial charge is 0.192 e. The number of ether oxygens (including phenoxy) is 2. The molecule has 6 aliphatic rings. The summed E-state index contributed by atoms with van der Waals surface area (Å²) in [6, 6.07) is 0. The normalized spacial score (nSPS) is 50.9. The fourth-order valence-electron chi connectivity index (χ4n) is 9.63. The third-order valence-electron chi connectivity index (χ3n) is 12.9. The molecule has 0 aromatic carbocycles. The Labute approximate surface area is 210 Å². The highest BCUT2D eigenvalue weighted by molar-refractivity contribution is 6.74. The van der Waals surface area contributed by atoms with Crippen LogP contribution >= 0.6 is 0 Å². The number of rotatable bonds is 2. The molecule has 4 unspecified atom stereocenters. The SMILES string of the molecule is CC1(C)O[C@@H]2C3C(CC[C@@]4(C)C3CC[C@@H]4O[Si](C)(C)C(C)(C)C)[C@@]3(C)CCC4(CC4)CC3[C@H]2O1. The van der Waals surface area contributed by atoms with Gasteiger partial charge in [0.1, 0.15) is 0 Å². The van der Waals surface area contributed by atoms with Crippen molar-refractivity contribution in [2.75, 3.05) is 0 Å². The van der Waals surface area contributed by atoms with E-state index in [1.807, 2.05) is 0 Å². The highest BCUT2D eigenvalue weighted by atomic mass is 28.4. The number of hydrogen-bond donors (Lipinski definition) is 0. The first-order valence-electron chi connectivity index (χ1n) is 14.6. The Hall–Kier alpha value is 0.0969. The van der Waals surface area contributed by atoms with Gasteiger partial charge in [-0.1, -0.05) is 34.6 Å². The van der Waals surface area contributed by atoms with Crippen molar-refractivity contribution in [2.45, 2.75) is 148 Å². The first kappa shape index (κ1) is 24.4. The van der Waals surface area contributed by atoms with E-state index in [4.69, 9.17) is 13.9 Å². The van der Waals surface area contributed by atoms with Gasteiger partial charge in [-0.25, -0.2) is 0 Å². The van der Waals surface area contributed by atoms with E-state index in [-0.39, 0.29) is 16.6 Å². The van der Waals surface area contributed by atoms with Crippen LogP contribution in [0.4, 0.5) is 0 Å². The summed E-state index contributed by atoms with van der Waals surface area (Å²) in [6.07, 6.45) is 13.4. The second-order valence-corrected chi connectivity index (χ2v) is 20.9. The minimum absolute atomic E-state index is 0.266. The summed E-state index contributed by atoms with van der Waals surface area (Å²) in [5.41, 5.74) is 1.37. The summed E-state index contributed by atoms with van der Waals surface area (Å²) >= 11 is 0. The van der Waals surface area contributed by atoms with Crippen LogP contribution in [0.15, 0.2) is 0 Å². The molecule has 6 fully saturated rings. The maximum absolute atomic E-state index is 7.20. The van der Waals surface area contributed by atoms with Gasteiger partial charge in [0.15, 0.2) is 14.1 Å². The highest BCUT2D eigenvalue weighted by Crippen LogP contribution is 2.72. The van der Waals surface area contributed by atoms with Gasteiger partial charge in [-0.3, -0.25) is 0 Å². The lowest BCUT2D eigenvalue weighted by atomic mass is 9.43. The van der Waals surface area contributed by atoms with E-state index in [1.54, 1.807) is 0 Å². The van der Waals surface area contributed by atoms with Crippen LogP contribution in [0.25, 0.3) is 0 Å². The summed E-state index contributed by atoms with van der Waals surface area (Å²) in [7, 11) is -1.79. The molecule has 6 rings (SSSR count). The van der Waals surface area contributed by atoms with Crippen LogP contribution in [0.3, 0.4) is 0 Å². The predicted molar refractivity (Wildman–Crippen MR) is 140 cm³/mol. The Bertz CT molecular complexity index is 840. The maximum Gasteiger partial charge on any atom is 0.192 e. The topological polar surface area (TPSA) is 27.7 Å². The summed E-state index contributed by atoms with van der Waals surface area (Å²) < 4.78 is 20.9. The van der Waals surface area contributed by atoms with Gasteiger partial charge in [0, 0.05) is 0 Å². The van der Waals surface area contributed by atoms with Gasteiger partial charge in [-0.05, 0) is 130 Å². The first-order chi connectivity index (χ1) is 15.6. The third kappa shape index (κ3) is 3.36. The molecule has 0 amide bonds. The molecular formula is C30H52O3Si. The fraction of sp³-hybridized carbons (Fsp3) is 1.00. The molecule has 194 valence electrons. The quantitative estimate of drug-likeness (QED) is 0.369. The zero-order chi connectivity index (χ0) is 24.5. The van der Waals surface area contributed by atoms with Gasteiger partial charge < -0.3 is 13.9 Å². The van der Waals surface area contributed by atoms with Crippen LogP contribution in [0.5, 0.6) is 0 Å². The second kappa shape index (κ2) is 7.14. The van der Waals surface area contributed by atoms with Crippen molar-refractivity contribution in [3.05, 3.63) is 0 Å². The average Bonchev–Trinajstić information content (AvgIpc) is 3.28. The molecule has 5 saturated carbocycles. The van der Waals surface area contributed by atoms with Crippen LogP contribution in [-0.2, 0) is 13.9 Å². The lowest BCUT2D eigenvalue weighted by Gasteiger charge is -2.63. The van der Waals surface area contributed by atoms with Crippen molar-refractivity contribution < 1.29 is 13.9 Å². The van der Waals surface area contributed by atoms with E-state index in [0.717, 1.165) is 5.92 Å². The Morgan fingerprint density at radius 2 is 1.35 bits per heavy atom. The molecule has 0 radical (unpaired) electrons. The summed E-state index contributed by atoms with van der Waals surface area (Å²) in [4.78, 5) is 0. The van der Waals surface area contributed by atoms with Gasteiger partial charge in [-0.2, -0.15) is 0 Å². The van der Waals surface area contributed by atoms with Gasteiger partial charge in [-0.15, -0.1) is 0 Å². The fourth-order valence-corrected chi connectivity index (χ4v) is 11.1. The zero-order valence-electron chi connectivity index (χ0n) is 23.6. The molecule has 1 spiro atoms. The van der Waals surface area contributed by atoms with Gasteiger partial charge >= 0.3 is 0 Å². The summed E-state index contributed by atoms with van der Waals surface area (Å²) in [5, 5.41) is 0.266. The summed E-state index contributed by atoms with van der Waals surface area (Å²) in [6.45, 7) is 21.7. The van der Waals surface area contributed by atoms with Crippen LogP contribution in [0.2, 0.25) is 18.1 Å². The highest BCUT2D eigenvalue weighted by Gasteiger charge is 2.70. The Kier molecular flexibility index (Phi) is 5.13. The Morgan fingerprint density at radius 3 is 2.00 bits per heavy atom. The molecule has 1 saturated heterocycles. The van der Waals surface area contributed by atoms with Gasteiger partial charge in [0.2, 0.25) is 0 Å². The molecule has 1 heterocycles. The molecule has 3 nitrogen and oxygen atoms in total. The van der Waals surface area contributed by atoms with E-state index in [9.17, 15) is 0 Å². The van der Waals surface area contributed by atoms with E-state index in [1.165, 1.54) is 57.8 Å². The second-order valence-electron chi connectivity index (χ2n) is 16.2.